The first-order chi connectivity index (χ1) is 34.7. The lowest BCUT2D eigenvalue weighted by atomic mass is 9.98. The van der Waals surface area contributed by atoms with Crippen molar-refractivity contribution in [3.8, 4) is 0 Å². The highest BCUT2D eigenvalue weighted by Crippen LogP contribution is 2.23. The molecule has 0 aromatic carbocycles. The summed E-state index contributed by atoms with van der Waals surface area (Å²) in [6, 6.07) is -1.20. The van der Waals surface area contributed by atoms with Crippen molar-refractivity contribution in [1.82, 2.24) is 5.32 Å². The first-order valence-corrected chi connectivity index (χ1v) is 29.2. The second-order valence-electron chi connectivity index (χ2n) is 20.3. The van der Waals surface area contributed by atoms with Crippen molar-refractivity contribution in [3.05, 3.63) is 60.8 Å². The maximum atomic E-state index is 13.2. The van der Waals surface area contributed by atoms with Crippen LogP contribution in [-0.2, 0) is 14.3 Å². The van der Waals surface area contributed by atoms with Gasteiger partial charge in [-0.05, 0) is 96.3 Å². The highest BCUT2D eigenvalue weighted by Gasteiger charge is 2.44. The van der Waals surface area contributed by atoms with E-state index in [1.54, 1.807) is 0 Å². The number of aliphatic hydroxyl groups excluding tert-OH is 7. The van der Waals surface area contributed by atoms with E-state index in [9.17, 15) is 40.5 Å². The molecule has 11 heteroatoms. The van der Waals surface area contributed by atoms with Crippen molar-refractivity contribution in [2.75, 3.05) is 13.2 Å². The van der Waals surface area contributed by atoms with E-state index in [2.05, 4.69) is 79.9 Å². The van der Waals surface area contributed by atoms with Crippen LogP contribution in [-0.4, -0.2) is 110 Å². The van der Waals surface area contributed by atoms with E-state index in [0.29, 0.717) is 19.3 Å². The van der Waals surface area contributed by atoms with Gasteiger partial charge in [0.05, 0.1) is 25.4 Å². The standard InChI is InChI=1S/C60H109NO10/c1-3-5-7-9-11-13-15-17-19-21-23-25-26-27-28-30-32-34-36-38-40-42-44-46-48-53(64)59(69)61-51(50-70-60-58(68)57(67)56(66)54(49-62)71-60)55(65)52(63)47-45-43-41-39-37-35-33-31-29-24-22-20-18-16-14-12-10-8-6-4-2/h20,22-23,25,27-28,31,33,39,41,51-58,60,62-68H,3-19,21,24,26,29-30,32,34-38,40,42-50H2,1-2H3,(H,61,69)/b22-20+,25-23-,28-27-,33-31+,41-39+. The first kappa shape index (κ1) is 66.8. The van der Waals surface area contributed by atoms with Crippen LogP contribution in [0.2, 0.25) is 0 Å². The summed E-state index contributed by atoms with van der Waals surface area (Å²) in [5, 5.41) is 76.1. The molecule has 1 aliphatic rings. The molecule has 11 nitrogen and oxygen atoms in total. The molecule has 1 aliphatic heterocycles. The Kier molecular flexibility index (Phi) is 45.9. The van der Waals surface area contributed by atoms with E-state index in [4.69, 9.17) is 9.47 Å². The number of allylic oxidation sites excluding steroid dienone is 10. The number of unbranched alkanes of at least 4 members (excludes halogenated alkanes) is 27. The molecule has 9 unspecified atom stereocenters. The minimum absolute atomic E-state index is 0.237. The van der Waals surface area contributed by atoms with E-state index in [1.165, 1.54) is 135 Å². The van der Waals surface area contributed by atoms with Crippen molar-refractivity contribution < 1.29 is 50.0 Å². The Hall–Kier alpha value is -2.19. The molecule has 0 aliphatic carbocycles. The number of hydrogen-bond donors (Lipinski definition) is 8. The summed E-state index contributed by atoms with van der Waals surface area (Å²) in [5.74, 6) is -0.718. The molecule has 1 rings (SSSR count). The quantitative estimate of drug-likeness (QED) is 0.0215. The van der Waals surface area contributed by atoms with Gasteiger partial charge in [0.15, 0.2) is 6.29 Å². The van der Waals surface area contributed by atoms with Gasteiger partial charge in [0, 0.05) is 0 Å². The Morgan fingerprint density at radius 2 is 0.887 bits per heavy atom. The minimum atomic E-state index is -1.68. The molecule has 1 heterocycles. The lowest BCUT2D eigenvalue weighted by Crippen LogP contribution is -2.60. The van der Waals surface area contributed by atoms with E-state index in [0.717, 1.165) is 64.2 Å². The average molecular weight is 1000 g/mol. The fourth-order valence-corrected chi connectivity index (χ4v) is 8.97. The van der Waals surface area contributed by atoms with E-state index in [1.807, 2.05) is 0 Å². The lowest BCUT2D eigenvalue weighted by Gasteiger charge is -2.40. The number of carbonyl (C=O) groups excluding carboxylic acids is 1. The third-order valence-corrected chi connectivity index (χ3v) is 13.7. The molecule has 1 amide bonds. The predicted molar refractivity (Wildman–Crippen MR) is 293 cm³/mol. The summed E-state index contributed by atoms with van der Waals surface area (Å²) >= 11 is 0. The van der Waals surface area contributed by atoms with Crippen LogP contribution in [0.5, 0.6) is 0 Å². The summed E-state index contributed by atoms with van der Waals surface area (Å²) in [5.41, 5.74) is 0. The van der Waals surface area contributed by atoms with Crippen molar-refractivity contribution in [3.63, 3.8) is 0 Å². The Labute approximate surface area is 433 Å². The summed E-state index contributed by atoms with van der Waals surface area (Å²) in [4.78, 5) is 13.2. The molecule has 0 saturated carbocycles. The number of rotatable bonds is 49. The zero-order chi connectivity index (χ0) is 51.8. The molecule has 1 fully saturated rings. The highest BCUT2D eigenvalue weighted by molar-refractivity contribution is 5.80. The molecule has 414 valence electrons. The molecular formula is C60H109NO10. The average Bonchev–Trinajstić information content (AvgIpc) is 3.37. The van der Waals surface area contributed by atoms with Gasteiger partial charge in [-0.3, -0.25) is 4.79 Å². The monoisotopic (exact) mass is 1000 g/mol. The molecule has 8 N–H and O–H groups in total. The molecule has 0 aromatic rings. The number of ether oxygens (including phenoxy) is 2. The molecule has 0 aromatic heterocycles. The summed E-state index contributed by atoms with van der Waals surface area (Å²) < 4.78 is 11.1. The van der Waals surface area contributed by atoms with Crippen LogP contribution in [0.25, 0.3) is 0 Å². The van der Waals surface area contributed by atoms with Gasteiger partial charge in [-0.2, -0.15) is 0 Å². The normalized spacial score (nSPS) is 20.6. The predicted octanol–water partition coefficient (Wildman–Crippen LogP) is 12.2. The maximum Gasteiger partial charge on any atom is 0.249 e. The molecule has 0 bridgehead atoms. The molecule has 0 spiro atoms. The fourth-order valence-electron chi connectivity index (χ4n) is 8.97. The van der Waals surface area contributed by atoms with E-state index >= 15 is 0 Å². The van der Waals surface area contributed by atoms with Crippen LogP contribution >= 0.6 is 0 Å². The van der Waals surface area contributed by atoms with Crippen molar-refractivity contribution in [2.45, 2.75) is 300 Å². The summed E-state index contributed by atoms with van der Waals surface area (Å²) in [6.07, 6.45) is 51.2. The van der Waals surface area contributed by atoms with Crippen LogP contribution in [0.3, 0.4) is 0 Å². The number of aliphatic hydroxyl groups is 7. The third kappa shape index (κ3) is 37.2. The molecule has 71 heavy (non-hydrogen) atoms. The topological polar surface area (TPSA) is 189 Å². The zero-order valence-electron chi connectivity index (χ0n) is 45.2. The Morgan fingerprint density at radius 1 is 0.493 bits per heavy atom. The van der Waals surface area contributed by atoms with Crippen molar-refractivity contribution in [1.29, 1.82) is 0 Å². The molecule has 9 atom stereocenters. The van der Waals surface area contributed by atoms with Crippen LogP contribution in [0.1, 0.15) is 245 Å². The van der Waals surface area contributed by atoms with Gasteiger partial charge in [-0.1, -0.05) is 209 Å². The third-order valence-electron chi connectivity index (χ3n) is 13.7. The van der Waals surface area contributed by atoms with Crippen LogP contribution in [0.4, 0.5) is 0 Å². The largest absolute Gasteiger partial charge is 0.394 e. The first-order valence-electron chi connectivity index (χ1n) is 29.2. The second-order valence-corrected chi connectivity index (χ2v) is 20.3. The van der Waals surface area contributed by atoms with E-state index in [-0.39, 0.29) is 12.8 Å². The van der Waals surface area contributed by atoms with E-state index < -0.39 is 74.2 Å². The maximum absolute atomic E-state index is 13.2. The van der Waals surface area contributed by atoms with Crippen LogP contribution in [0, 0.1) is 0 Å². The zero-order valence-corrected chi connectivity index (χ0v) is 45.2. The summed E-state index contributed by atoms with van der Waals surface area (Å²) in [7, 11) is 0. The van der Waals surface area contributed by atoms with Gasteiger partial charge in [0.2, 0.25) is 5.91 Å². The lowest BCUT2D eigenvalue weighted by molar-refractivity contribution is -0.303. The van der Waals surface area contributed by atoms with Gasteiger partial charge >= 0.3 is 0 Å². The van der Waals surface area contributed by atoms with Crippen molar-refractivity contribution in [2.24, 2.45) is 0 Å². The fraction of sp³-hybridized carbons (Fsp3) is 0.817. The van der Waals surface area contributed by atoms with Crippen LogP contribution < -0.4 is 5.32 Å². The number of amides is 1. The number of nitrogens with one attached hydrogen (secondary N) is 1. The molecule has 0 radical (unpaired) electrons. The summed E-state index contributed by atoms with van der Waals surface area (Å²) in [6.45, 7) is 3.43. The smallest absolute Gasteiger partial charge is 0.249 e. The highest BCUT2D eigenvalue weighted by atomic mass is 16.7. The van der Waals surface area contributed by atoms with Gasteiger partial charge in [-0.25, -0.2) is 0 Å². The molecule has 1 saturated heterocycles. The number of hydrogen-bond acceptors (Lipinski definition) is 10. The second kappa shape index (κ2) is 48.7. The van der Waals surface area contributed by atoms with Gasteiger partial charge < -0.3 is 50.5 Å². The Morgan fingerprint density at radius 3 is 1.34 bits per heavy atom. The molecular weight excluding hydrogens is 895 g/mol. The Bertz CT molecular complexity index is 1340. The SMILES string of the molecule is CCCCCCCCC/C=C/CC/C=C/CC/C=C/CCCC(O)C(O)C(COC1OC(CO)C(O)C(O)C1O)NC(=O)C(O)CCCCCCCCCC/C=C\C/C=C\CCCCCCCCCCC. The van der Waals surface area contributed by atoms with Gasteiger partial charge in [-0.15, -0.1) is 0 Å². The van der Waals surface area contributed by atoms with Gasteiger partial charge in [0.25, 0.3) is 0 Å². The Balaban J connectivity index is 2.36. The number of carbonyl (C=O) groups is 1. The van der Waals surface area contributed by atoms with Crippen molar-refractivity contribution >= 4 is 5.91 Å². The van der Waals surface area contributed by atoms with Gasteiger partial charge in [0.1, 0.15) is 36.6 Å². The van der Waals surface area contributed by atoms with Crippen LogP contribution in [0.15, 0.2) is 60.8 Å². The minimum Gasteiger partial charge on any atom is -0.394 e.